The highest BCUT2D eigenvalue weighted by Gasteiger charge is 2.28. The van der Waals surface area contributed by atoms with Crippen LogP contribution in [-0.2, 0) is 9.53 Å². The van der Waals surface area contributed by atoms with Crippen LogP contribution in [0.25, 0.3) is 0 Å². The molecule has 1 aromatic rings. The van der Waals surface area contributed by atoms with E-state index >= 15 is 0 Å². The van der Waals surface area contributed by atoms with Gasteiger partial charge in [-0.3, -0.25) is 4.79 Å². The van der Waals surface area contributed by atoms with Gasteiger partial charge in [0.25, 0.3) is 0 Å². The fourth-order valence-corrected chi connectivity index (χ4v) is 3.57. The van der Waals surface area contributed by atoms with Crippen LogP contribution < -0.4 is 10.6 Å². The number of carbonyl (C=O) groups is 1. The predicted molar refractivity (Wildman–Crippen MR) is 98.7 cm³/mol. The van der Waals surface area contributed by atoms with Crippen LogP contribution in [0.1, 0.15) is 51.9 Å². The molecule has 1 saturated carbocycles. The number of carbonyl (C=O) groups excluding carboxylic acids is 1. The average molecular weight is 344 g/mol. The van der Waals surface area contributed by atoms with Gasteiger partial charge in [0, 0.05) is 30.8 Å². The molecule has 1 aliphatic heterocycles. The van der Waals surface area contributed by atoms with Gasteiger partial charge >= 0.3 is 5.97 Å². The maximum Gasteiger partial charge on any atom is 0.305 e. The number of anilines is 2. The lowest BCUT2D eigenvalue weighted by Gasteiger charge is -2.32. The molecule has 136 valence electrons. The van der Waals surface area contributed by atoms with Crippen LogP contribution in [0.2, 0.25) is 0 Å². The highest BCUT2D eigenvalue weighted by Crippen LogP contribution is 2.31. The summed E-state index contributed by atoms with van der Waals surface area (Å²) in [4.78, 5) is 20.3. The average Bonchev–Trinajstić information content (AvgIpc) is 3.07. The molecule has 0 radical (unpaired) electrons. The van der Waals surface area contributed by atoms with E-state index in [-0.39, 0.29) is 5.97 Å². The van der Waals surface area contributed by atoms with Crippen LogP contribution in [0, 0.1) is 0 Å². The van der Waals surface area contributed by atoms with Gasteiger partial charge in [-0.1, -0.05) is 26.2 Å². The molecular weight excluding hydrogens is 316 g/mol. The van der Waals surface area contributed by atoms with Gasteiger partial charge in [-0.2, -0.15) is 0 Å². The Morgan fingerprint density at radius 3 is 2.80 bits per heavy atom. The Morgan fingerprint density at radius 2 is 2.12 bits per heavy atom. The van der Waals surface area contributed by atoms with Crippen molar-refractivity contribution in [1.29, 1.82) is 0 Å². The third-order valence-corrected chi connectivity index (χ3v) is 5.00. The monoisotopic (exact) mass is 344 g/mol. The molecule has 0 saturated heterocycles. The number of aromatic nitrogens is 1. The Balaban J connectivity index is 1.71. The Bertz CT molecular complexity index is 608. The topological polar surface area (TPSA) is 71.7 Å². The van der Waals surface area contributed by atoms with Crippen molar-refractivity contribution in [1.82, 2.24) is 9.88 Å². The molecule has 1 aliphatic carbocycles. The normalized spacial score (nSPS) is 18.4. The number of nitrogens with two attached hydrogens (primary N) is 1. The number of esters is 1. The van der Waals surface area contributed by atoms with Gasteiger partial charge in [0.15, 0.2) is 0 Å². The van der Waals surface area contributed by atoms with E-state index in [1.807, 2.05) is 25.3 Å². The minimum absolute atomic E-state index is 0.150. The van der Waals surface area contributed by atoms with Crippen molar-refractivity contribution in [3.63, 3.8) is 0 Å². The summed E-state index contributed by atoms with van der Waals surface area (Å²) < 4.78 is 5.28. The molecule has 2 heterocycles. The quantitative estimate of drug-likeness (QED) is 0.799. The second-order valence-corrected chi connectivity index (χ2v) is 6.76. The van der Waals surface area contributed by atoms with Crippen LogP contribution >= 0.6 is 0 Å². The smallest absolute Gasteiger partial charge is 0.305 e. The third kappa shape index (κ3) is 4.44. The summed E-state index contributed by atoms with van der Waals surface area (Å²) in [5, 5.41) is 0. The molecule has 0 aromatic carbocycles. The van der Waals surface area contributed by atoms with E-state index < -0.39 is 0 Å². The van der Waals surface area contributed by atoms with Gasteiger partial charge in [0.1, 0.15) is 5.82 Å². The summed E-state index contributed by atoms with van der Waals surface area (Å²) in [6, 6.07) is 4.43. The zero-order valence-corrected chi connectivity index (χ0v) is 15.0. The number of rotatable bonds is 6. The first-order chi connectivity index (χ1) is 12.2. The van der Waals surface area contributed by atoms with Crippen LogP contribution in [-0.4, -0.2) is 35.2 Å². The molecule has 0 spiro atoms. The van der Waals surface area contributed by atoms with Crippen molar-refractivity contribution >= 4 is 17.5 Å². The van der Waals surface area contributed by atoms with Crippen molar-refractivity contribution in [2.75, 3.05) is 23.9 Å². The molecule has 3 rings (SSSR count). The first-order valence-electron chi connectivity index (χ1n) is 9.28. The standard InChI is InChI=1S/C19H28N4O2/c1-2-19(24)25-11-10-17-13-22(15-6-4-3-5-7-15)14-23(17)16-8-9-18(20)21-12-16/h8-9,12-13,15H,2-7,10-11,14H2,1H3,(H2,20,21). The Kier molecular flexibility index (Phi) is 5.79. The predicted octanol–water partition coefficient (Wildman–Crippen LogP) is 3.26. The minimum Gasteiger partial charge on any atom is -0.465 e. The van der Waals surface area contributed by atoms with Crippen molar-refractivity contribution in [3.8, 4) is 0 Å². The summed E-state index contributed by atoms with van der Waals surface area (Å²) in [6.07, 6.45) is 11.6. The van der Waals surface area contributed by atoms with E-state index in [1.165, 1.54) is 37.8 Å². The van der Waals surface area contributed by atoms with Gasteiger partial charge in [-0.25, -0.2) is 4.98 Å². The molecule has 1 aromatic heterocycles. The first kappa shape index (κ1) is 17.6. The molecule has 6 heteroatoms. The van der Waals surface area contributed by atoms with Gasteiger partial charge in [0.2, 0.25) is 0 Å². The molecule has 1 fully saturated rings. The van der Waals surface area contributed by atoms with Crippen LogP contribution in [0.3, 0.4) is 0 Å². The van der Waals surface area contributed by atoms with E-state index in [1.54, 1.807) is 0 Å². The highest BCUT2D eigenvalue weighted by molar-refractivity contribution is 5.68. The lowest BCUT2D eigenvalue weighted by molar-refractivity contribution is -0.143. The van der Waals surface area contributed by atoms with E-state index in [4.69, 9.17) is 10.5 Å². The van der Waals surface area contributed by atoms with Gasteiger partial charge in [0.05, 0.1) is 25.2 Å². The summed E-state index contributed by atoms with van der Waals surface area (Å²) in [7, 11) is 0. The van der Waals surface area contributed by atoms with Crippen molar-refractivity contribution in [2.45, 2.75) is 57.9 Å². The van der Waals surface area contributed by atoms with Gasteiger partial charge in [-0.05, 0) is 25.0 Å². The van der Waals surface area contributed by atoms with Gasteiger partial charge in [-0.15, -0.1) is 0 Å². The summed E-state index contributed by atoms with van der Waals surface area (Å²) in [5.74, 6) is 0.373. The maximum atomic E-state index is 11.4. The van der Waals surface area contributed by atoms with E-state index in [0.717, 1.165) is 12.4 Å². The molecule has 0 atom stereocenters. The van der Waals surface area contributed by atoms with E-state index in [9.17, 15) is 4.79 Å². The van der Waals surface area contributed by atoms with Crippen molar-refractivity contribution < 1.29 is 9.53 Å². The Morgan fingerprint density at radius 1 is 1.32 bits per heavy atom. The van der Waals surface area contributed by atoms with E-state index in [0.29, 0.717) is 31.3 Å². The zero-order chi connectivity index (χ0) is 17.6. The molecule has 6 nitrogen and oxygen atoms in total. The van der Waals surface area contributed by atoms with Crippen LogP contribution in [0.4, 0.5) is 11.5 Å². The Labute approximate surface area is 149 Å². The van der Waals surface area contributed by atoms with Crippen LogP contribution in [0.15, 0.2) is 30.2 Å². The lowest BCUT2D eigenvalue weighted by Crippen LogP contribution is -2.35. The minimum atomic E-state index is -0.150. The molecule has 0 amide bonds. The van der Waals surface area contributed by atoms with Crippen LogP contribution in [0.5, 0.6) is 0 Å². The van der Waals surface area contributed by atoms with Crippen molar-refractivity contribution in [3.05, 3.63) is 30.2 Å². The van der Waals surface area contributed by atoms with Crippen molar-refractivity contribution in [2.24, 2.45) is 0 Å². The second-order valence-electron chi connectivity index (χ2n) is 6.76. The third-order valence-electron chi connectivity index (χ3n) is 5.00. The fraction of sp³-hybridized carbons (Fsp3) is 0.579. The zero-order valence-electron chi connectivity index (χ0n) is 15.0. The molecular formula is C19H28N4O2. The largest absolute Gasteiger partial charge is 0.465 e. The summed E-state index contributed by atoms with van der Waals surface area (Å²) in [5.41, 5.74) is 7.92. The molecule has 2 aliphatic rings. The number of nitrogen functional groups attached to an aromatic ring is 1. The SMILES string of the molecule is CCC(=O)OCCC1=CN(C2CCCCC2)CN1c1ccc(N)nc1. The lowest BCUT2D eigenvalue weighted by atomic mass is 9.95. The maximum absolute atomic E-state index is 11.4. The molecule has 25 heavy (non-hydrogen) atoms. The summed E-state index contributed by atoms with van der Waals surface area (Å²) in [6.45, 7) is 3.05. The second kappa shape index (κ2) is 8.23. The molecule has 0 bridgehead atoms. The van der Waals surface area contributed by atoms with E-state index in [2.05, 4.69) is 21.0 Å². The fourth-order valence-electron chi connectivity index (χ4n) is 3.57. The number of nitrogens with zero attached hydrogens (tertiary/aromatic N) is 3. The highest BCUT2D eigenvalue weighted by atomic mass is 16.5. The first-order valence-corrected chi connectivity index (χ1v) is 9.28. The number of pyridine rings is 1. The molecule has 0 unspecified atom stereocenters. The number of ether oxygens (including phenoxy) is 1. The Hall–Kier alpha value is -2.24. The van der Waals surface area contributed by atoms with Gasteiger partial charge < -0.3 is 20.3 Å². The molecule has 2 N–H and O–H groups in total. The summed E-state index contributed by atoms with van der Waals surface area (Å²) >= 11 is 0. The number of hydrogen-bond donors (Lipinski definition) is 1. The number of hydrogen-bond acceptors (Lipinski definition) is 6.